The van der Waals surface area contributed by atoms with Crippen molar-refractivity contribution >= 4 is 5.69 Å². The summed E-state index contributed by atoms with van der Waals surface area (Å²) in [5.41, 5.74) is 7.78. The Labute approximate surface area is 108 Å². The standard InChI is InChI=1S/C14H20N4/c1-10(2)18-9-16-17-14(18)8-11(3)12-4-6-13(15)7-5-12/h4-7,9-11H,8,15H2,1-3H3. The Morgan fingerprint density at radius 1 is 1.17 bits per heavy atom. The van der Waals surface area contributed by atoms with E-state index in [2.05, 4.69) is 47.7 Å². The largest absolute Gasteiger partial charge is 0.399 e. The highest BCUT2D eigenvalue weighted by Crippen LogP contribution is 2.21. The van der Waals surface area contributed by atoms with E-state index in [1.165, 1.54) is 5.56 Å². The number of nitrogen functional groups attached to an aromatic ring is 1. The zero-order valence-electron chi connectivity index (χ0n) is 11.2. The Bertz CT molecular complexity index is 499. The van der Waals surface area contributed by atoms with Crippen LogP contribution in [0.3, 0.4) is 0 Å². The molecule has 0 aliphatic heterocycles. The Kier molecular flexibility index (Phi) is 3.65. The van der Waals surface area contributed by atoms with Gasteiger partial charge in [-0.05, 0) is 37.5 Å². The maximum Gasteiger partial charge on any atom is 0.133 e. The van der Waals surface area contributed by atoms with Gasteiger partial charge in [-0.3, -0.25) is 0 Å². The fourth-order valence-corrected chi connectivity index (χ4v) is 2.06. The highest BCUT2D eigenvalue weighted by Gasteiger charge is 2.13. The monoisotopic (exact) mass is 244 g/mol. The predicted octanol–water partition coefficient (Wildman–Crippen LogP) is 2.79. The van der Waals surface area contributed by atoms with Crippen LogP contribution in [0.25, 0.3) is 0 Å². The second kappa shape index (κ2) is 5.21. The molecule has 1 unspecified atom stereocenters. The van der Waals surface area contributed by atoms with Gasteiger partial charge < -0.3 is 10.3 Å². The highest BCUT2D eigenvalue weighted by atomic mass is 15.3. The predicted molar refractivity (Wildman–Crippen MR) is 73.4 cm³/mol. The van der Waals surface area contributed by atoms with E-state index in [4.69, 9.17) is 5.73 Å². The lowest BCUT2D eigenvalue weighted by atomic mass is 9.97. The molecule has 4 nitrogen and oxygen atoms in total. The maximum atomic E-state index is 5.70. The molecule has 0 spiro atoms. The molecule has 1 aromatic heterocycles. The Balaban J connectivity index is 2.13. The SMILES string of the molecule is CC(Cc1nncn1C(C)C)c1ccc(N)cc1. The first-order valence-corrected chi connectivity index (χ1v) is 6.31. The minimum Gasteiger partial charge on any atom is -0.399 e. The Morgan fingerprint density at radius 2 is 1.83 bits per heavy atom. The number of aromatic nitrogens is 3. The van der Waals surface area contributed by atoms with Crippen molar-refractivity contribution in [2.24, 2.45) is 0 Å². The summed E-state index contributed by atoms with van der Waals surface area (Å²) in [5, 5.41) is 8.21. The van der Waals surface area contributed by atoms with Crippen molar-refractivity contribution in [2.45, 2.75) is 39.2 Å². The molecule has 0 bridgehead atoms. The van der Waals surface area contributed by atoms with Crippen LogP contribution >= 0.6 is 0 Å². The molecule has 0 radical (unpaired) electrons. The third-order valence-electron chi connectivity index (χ3n) is 3.20. The van der Waals surface area contributed by atoms with Gasteiger partial charge in [0.2, 0.25) is 0 Å². The number of anilines is 1. The molecule has 1 atom stereocenters. The van der Waals surface area contributed by atoms with Gasteiger partial charge in [-0.2, -0.15) is 0 Å². The van der Waals surface area contributed by atoms with Crippen molar-refractivity contribution in [1.82, 2.24) is 14.8 Å². The Hall–Kier alpha value is -1.84. The smallest absolute Gasteiger partial charge is 0.133 e. The van der Waals surface area contributed by atoms with Crippen LogP contribution in [-0.2, 0) is 6.42 Å². The van der Waals surface area contributed by atoms with Gasteiger partial charge in [-0.1, -0.05) is 19.1 Å². The lowest BCUT2D eigenvalue weighted by Crippen LogP contribution is -2.09. The van der Waals surface area contributed by atoms with Gasteiger partial charge in [0.05, 0.1) is 0 Å². The summed E-state index contributed by atoms with van der Waals surface area (Å²) in [6, 6.07) is 8.44. The molecule has 0 amide bonds. The van der Waals surface area contributed by atoms with Crippen LogP contribution < -0.4 is 5.73 Å². The second-order valence-corrected chi connectivity index (χ2v) is 5.02. The van der Waals surface area contributed by atoms with Gasteiger partial charge in [0.25, 0.3) is 0 Å². The van der Waals surface area contributed by atoms with Crippen LogP contribution in [0, 0.1) is 0 Å². The number of rotatable bonds is 4. The lowest BCUT2D eigenvalue weighted by molar-refractivity contribution is 0.552. The van der Waals surface area contributed by atoms with E-state index < -0.39 is 0 Å². The van der Waals surface area contributed by atoms with Gasteiger partial charge in [0.1, 0.15) is 12.2 Å². The molecule has 4 heteroatoms. The first kappa shape index (κ1) is 12.6. The van der Waals surface area contributed by atoms with E-state index >= 15 is 0 Å². The molecule has 0 aliphatic rings. The summed E-state index contributed by atoms with van der Waals surface area (Å²) in [7, 11) is 0. The van der Waals surface area contributed by atoms with Gasteiger partial charge >= 0.3 is 0 Å². The number of nitrogens with two attached hydrogens (primary N) is 1. The lowest BCUT2D eigenvalue weighted by Gasteiger charge is -2.14. The van der Waals surface area contributed by atoms with Crippen molar-refractivity contribution in [3.8, 4) is 0 Å². The zero-order valence-corrected chi connectivity index (χ0v) is 11.2. The molecule has 96 valence electrons. The van der Waals surface area contributed by atoms with Crippen molar-refractivity contribution in [2.75, 3.05) is 5.73 Å². The average Bonchev–Trinajstić information content (AvgIpc) is 2.78. The van der Waals surface area contributed by atoms with Crippen molar-refractivity contribution in [3.63, 3.8) is 0 Å². The molecule has 0 saturated carbocycles. The molecule has 0 saturated heterocycles. The summed E-state index contributed by atoms with van der Waals surface area (Å²) >= 11 is 0. The van der Waals surface area contributed by atoms with Crippen LogP contribution in [0.15, 0.2) is 30.6 Å². The number of nitrogens with zero attached hydrogens (tertiary/aromatic N) is 3. The zero-order chi connectivity index (χ0) is 13.1. The summed E-state index contributed by atoms with van der Waals surface area (Å²) < 4.78 is 2.12. The van der Waals surface area contributed by atoms with Crippen LogP contribution in [0.1, 0.15) is 44.1 Å². The van der Waals surface area contributed by atoms with E-state index in [1.807, 2.05) is 12.1 Å². The van der Waals surface area contributed by atoms with Crippen molar-refractivity contribution in [3.05, 3.63) is 42.0 Å². The summed E-state index contributed by atoms with van der Waals surface area (Å²) in [6.07, 6.45) is 2.69. The average molecular weight is 244 g/mol. The number of hydrogen-bond acceptors (Lipinski definition) is 3. The number of hydrogen-bond donors (Lipinski definition) is 1. The molecular weight excluding hydrogens is 224 g/mol. The molecular formula is C14H20N4. The first-order valence-electron chi connectivity index (χ1n) is 6.31. The fraction of sp³-hybridized carbons (Fsp3) is 0.429. The molecule has 2 rings (SSSR count). The van der Waals surface area contributed by atoms with E-state index in [0.29, 0.717) is 12.0 Å². The first-order chi connectivity index (χ1) is 8.58. The second-order valence-electron chi connectivity index (χ2n) is 5.02. The van der Waals surface area contributed by atoms with Gasteiger partial charge in [-0.15, -0.1) is 10.2 Å². The number of benzene rings is 1. The maximum absolute atomic E-state index is 5.70. The normalized spacial score (nSPS) is 12.9. The van der Waals surface area contributed by atoms with Crippen LogP contribution in [-0.4, -0.2) is 14.8 Å². The minimum absolute atomic E-state index is 0.397. The van der Waals surface area contributed by atoms with E-state index in [-0.39, 0.29) is 0 Å². The minimum atomic E-state index is 0.397. The summed E-state index contributed by atoms with van der Waals surface area (Å²) in [4.78, 5) is 0. The molecule has 18 heavy (non-hydrogen) atoms. The third kappa shape index (κ3) is 2.70. The van der Waals surface area contributed by atoms with Crippen LogP contribution in [0.2, 0.25) is 0 Å². The van der Waals surface area contributed by atoms with Crippen molar-refractivity contribution in [1.29, 1.82) is 0 Å². The van der Waals surface area contributed by atoms with E-state index in [0.717, 1.165) is 17.9 Å². The molecule has 1 aromatic carbocycles. The topological polar surface area (TPSA) is 56.7 Å². The molecule has 0 fully saturated rings. The van der Waals surface area contributed by atoms with Gasteiger partial charge in [0.15, 0.2) is 0 Å². The highest BCUT2D eigenvalue weighted by molar-refractivity contribution is 5.40. The fourth-order valence-electron chi connectivity index (χ4n) is 2.06. The molecule has 0 aliphatic carbocycles. The third-order valence-corrected chi connectivity index (χ3v) is 3.20. The van der Waals surface area contributed by atoms with E-state index in [9.17, 15) is 0 Å². The molecule has 2 aromatic rings. The summed E-state index contributed by atoms with van der Waals surface area (Å²) in [6.45, 7) is 6.48. The molecule has 2 N–H and O–H groups in total. The van der Waals surface area contributed by atoms with E-state index in [1.54, 1.807) is 6.33 Å². The van der Waals surface area contributed by atoms with Crippen molar-refractivity contribution < 1.29 is 0 Å². The van der Waals surface area contributed by atoms with Gasteiger partial charge in [-0.25, -0.2) is 0 Å². The van der Waals surface area contributed by atoms with Gasteiger partial charge in [0, 0.05) is 18.2 Å². The Morgan fingerprint density at radius 3 is 2.44 bits per heavy atom. The van der Waals surface area contributed by atoms with Crippen LogP contribution in [0.4, 0.5) is 5.69 Å². The quantitative estimate of drug-likeness (QED) is 0.841. The van der Waals surface area contributed by atoms with Crippen LogP contribution in [0.5, 0.6) is 0 Å². The molecule has 1 heterocycles. The summed E-state index contributed by atoms with van der Waals surface area (Å²) in [5.74, 6) is 1.45.